The maximum absolute atomic E-state index is 13.2. The van der Waals surface area contributed by atoms with Crippen LogP contribution in [-0.2, 0) is 9.59 Å². The van der Waals surface area contributed by atoms with Crippen molar-refractivity contribution in [3.63, 3.8) is 0 Å². The first-order chi connectivity index (χ1) is 16.5. The van der Waals surface area contributed by atoms with E-state index in [2.05, 4.69) is 13.8 Å². The second-order valence-electron chi connectivity index (χ2n) is 9.51. The van der Waals surface area contributed by atoms with Gasteiger partial charge in [0.05, 0.1) is 28.3 Å². The molecule has 6 nitrogen and oxygen atoms in total. The Balaban J connectivity index is 2.07. The van der Waals surface area contributed by atoms with E-state index in [4.69, 9.17) is 27.9 Å². The van der Waals surface area contributed by atoms with Crippen molar-refractivity contribution >= 4 is 40.7 Å². The number of aliphatic hydroxyl groups is 1. The van der Waals surface area contributed by atoms with Gasteiger partial charge in [0, 0.05) is 12.1 Å². The van der Waals surface area contributed by atoms with Crippen molar-refractivity contribution in [1.82, 2.24) is 9.80 Å². The minimum absolute atomic E-state index is 0.0356. The smallest absolute Gasteiger partial charge is 0.295 e. The van der Waals surface area contributed by atoms with E-state index in [9.17, 15) is 14.7 Å². The molecule has 1 heterocycles. The number of hydrogen-bond donors (Lipinski definition) is 1. The van der Waals surface area contributed by atoms with Gasteiger partial charge < -0.3 is 19.6 Å². The number of hydrogen-bond acceptors (Lipinski definition) is 5. The predicted octanol–water partition coefficient (Wildman–Crippen LogP) is 5.71. The van der Waals surface area contributed by atoms with Crippen molar-refractivity contribution in [3.05, 3.63) is 68.7 Å². The molecule has 0 radical (unpaired) electrons. The lowest BCUT2D eigenvalue weighted by atomic mass is 9.94. The van der Waals surface area contributed by atoms with Crippen LogP contribution < -0.4 is 4.74 Å². The number of benzene rings is 2. The third-order valence-electron chi connectivity index (χ3n) is 5.82. The molecule has 1 N–H and O–H groups in total. The number of carbonyl (C=O) groups excluding carboxylic acids is 2. The number of ether oxygens (including phenoxy) is 1. The van der Waals surface area contributed by atoms with E-state index in [0.717, 1.165) is 12.1 Å². The molecule has 0 bridgehead atoms. The molecule has 0 unspecified atom stereocenters. The quantitative estimate of drug-likeness (QED) is 0.261. The summed E-state index contributed by atoms with van der Waals surface area (Å²) in [6, 6.07) is 9.45. The Bertz CT molecular complexity index is 1140. The molecule has 3 rings (SSSR count). The second-order valence-corrected chi connectivity index (χ2v) is 10.3. The molecule has 8 heteroatoms. The van der Waals surface area contributed by atoms with Gasteiger partial charge in [0.25, 0.3) is 11.7 Å². The number of Topliss-reactive ketones (excluding diaryl/α,β-unsaturated/α-hetero) is 1. The average molecular weight is 519 g/mol. The summed E-state index contributed by atoms with van der Waals surface area (Å²) in [4.78, 5) is 29.8. The molecule has 0 spiro atoms. The Labute approximate surface area is 217 Å². The summed E-state index contributed by atoms with van der Waals surface area (Å²) in [5.74, 6) is -0.512. The molecule has 0 saturated carbocycles. The van der Waals surface area contributed by atoms with Crippen molar-refractivity contribution in [2.45, 2.75) is 33.2 Å². The lowest BCUT2D eigenvalue weighted by molar-refractivity contribution is -0.139. The third-order valence-corrected chi connectivity index (χ3v) is 6.56. The molecule has 188 valence electrons. The van der Waals surface area contributed by atoms with Gasteiger partial charge in [-0.05, 0) is 81.4 Å². The van der Waals surface area contributed by atoms with E-state index >= 15 is 0 Å². The molecule has 35 heavy (non-hydrogen) atoms. The summed E-state index contributed by atoms with van der Waals surface area (Å²) in [6.07, 6.45) is 0.666. The highest BCUT2D eigenvalue weighted by atomic mass is 35.5. The zero-order valence-electron chi connectivity index (χ0n) is 20.8. The van der Waals surface area contributed by atoms with Crippen molar-refractivity contribution in [2.75, 3.05) is 33.8 Å². The van der Waals surface area contributed by atoms with E-state index in [0.29, 0.717) is 52.4 Å². The van der Waals surface area contributed by atoms with Crippen LogP contribution in [0.2, 0.25) is 10.0 Å². The highest BCUT2D eigenvalue weighted by Gasteiger charge is 2.46. The number of aliphatic hydroxyl groups excluding tert-OH is 1. The van der Waals surface area contributed by atoms with Gasteiger partial charge >= 0.3 is 0 Å². The molecule has 1 atom stereocenters. The molecule has 2 aromatic rings. The van der Waals surface area contributed by atoms with Crippen LogP contribution in [0.1, 0.15) is 43.0 Å². The van der Waals surface area contributed by atoms with Crippen LogP contribution >= 0.6 is 23.2 Å². The van der Waals surface area contributed by atoms with Crippen LogP contribution in [0.3, 0.4) is 0 Å². The van der Waals surface area contributed by atoms with E-state index in [1.807, 2.05) is 25.9 Å². The Morgan fingerprint density at radius 1 is 1.11 bits per heavy atom. The molecule has 2 aromatic carbocycles. The number of carbonyl (C=O) groups is 2. The van der Waals surface area contributed by atoms with Crippen LogP contribution in [0.4, 0.5) is 0 Å². The summed E-state index contributed by atoms with van der Waals surface area (Å²) in [5.41, 5.74) is 1.91. The number of rotatable bonds is 9. The van der Waals surface area contributed by atoms with Crippen molar-refractivity contribution in [3.8, 4) is 5.75 Å². The minimum atomic E-state index is -0.774. The van der Waals surface area contributed by atoms with Gasteiger partial charge in [0.15, 0.2) is 0 Å². The van der Waals surface area contributed by atoms with Crippen molar-refractivity contribution < 1.29 is 19.4 Å². The van der Waals surface area contributed by atoms with Crippen LogP contribution in [-0.4, -0.2) is 60.4 Å². The Kier molecular flexibility index (Phi) is 8.86. The Hall–Kier alpha value is -2.54. The van der Waals surface area contributed by atoms with Gasteiger partial charge in [0.1, 0.15) is 11.5 Å². The van der Waals surface area contributed by atoms with E-state index in [1.165, 1.54) is 4.90 Å². The zero-order valence-corrected chi connectivity index (χ0v) is 22.3. The molecular weight excluding hydrogens is 487 g/mol. The minimum Gasteiger partial charge on any atom is -0.507 e. The normalized spacial score (nSPS) is 17.6. The van der Waals surface area contributed by atoms with Crippen molar-refractivity contribution in [1.29, 1.82) is 0 Å². The summed E-state index contributed by atoms with van der Waals surface area (Å²) in [7, 11) is 3.89. The third kappa shape index (κ3) is 6.18. The molecule has 1 amide bonds. The van der Waals surface area contributed by atoms with Gasteiger partial charge in [-0.3, -0.25) is 9.59 Å². The maximum atomic E-state index is 13.2. The van der Waals surface area contributed by atoms with Crippen LogP contribution in [0.5, 0.6) is 5.75 Å². The first kappa shape index (κ1) is 27.1. The Morgan fingerprint density at radius 2 is 1.83 bits per heavy atom. The van der Waals surface area contributed by atoms with Crippen LogP contribution in [0, 0.1) is 12.8 Å². The number of nitrogens with zero attached hydrogens (tertiary/aromatic N) is 2. The molecule has 0 aliphatic carbocycles. The fourth-order valence-electron chi connectivity index (χ4n) is 4.07. The van der Waals surface area contributed by atoms with E-state index in [1.54, 1.807) is 36.4 Å². The lowest BCUT2D eigenvalue weighted by Gasteiger charge is -2.26. The zero-order chi connectivity index (χ0) is 25.9. The highest BCUT2D eigenvalue weighted by molar-refractivity contribution is 6.46. The fraction of sp³-hybridized carbons (Fsp3) is 0.407. The molecule has 0 aromatic heterocycles. The topological polar surface area (TPSA) is 70.1 Å². The second kappa shape index (κ2) is 11.5. The highest BCUT2D eigenvalue weighted by Crippen LogP contribution is 2.41. The number of amides is 1. The monoisotopic (exact) mass is 518 g/mol. The number of halogens is 2. The first-order valence-electron chi connectivity index (χ1n) is 11.6. The van der Waals surface area contributed by atoms with Gasteiger partial charge in [0.2, 0.25) is 0 Å². The SMILES string of the molecule is Cc1cc(C(O)=C2C(=O)C(=O)N(CCCN(C)C)[C@@H]2c2ccc(Cl)c(Cl)c2)ccc1OCC(C)C. The molecule has 1 aliphatic heterocycles. The summed E-state index contributed by atoms with van der Waals surface area (Å²) >= 11 is 12.4. The van der Waals surface area contributed by atoms with E-state index < -0.39 is 17.7 Å². The first-order valence-corrected chi connectivity index (χ1v) is 12.4. The molecule has 1 aliphatic rings. The maximum Gasteiger partial charge on any atom is 0.295 e. The van der Waals surface area contributed by atoms with Crippen LogP contribution in [0.15, 0.2) is 42.0 Å². The van der Waals surface area contributed by atoms with Gasteiger partial charge in [-0.15, -0.1) is 0 Å². The lowest BCUT2D eigenvalue weighted by Crippen LogP contribution is -2.32. The fourth-order valence-corrected chi connectivity index (χ4v) is 4.37. The van der Waals surface area contributed by atoms with E-state index in [-0.39, 0.29) is 11.3 Å². The van der Waals surface area contributed by atoms with Gasteiger partial charge in [-0.2, -0.15) is 0 Å². The average Bonchev–Trinajstić information content (AvgIpc) is 3.04. The summed E-state index contributed by atoms with van der Waals surface area (Å²) in [5, 5.41) is 12.0. The number of ketones is 1. The molecule has 1 saturated heterocycles. The number of aryl methyl sites for hydroxylation is 1. The van der Waals surface area contributed by atoms with Gasteiger partial charge in [-0.25, -0.2) is 0 Å². The summed E-state index contributed by atoms with van der Waals surface area (Å²) < 4.78 is 5.83. The standard InChI is InChI=1S/C27H32Cl2N2O4/c1-16(2)15-35-22-10-8-19(13-17(22)3)25(32)23-24(18-7-9-20(28)21(29)14-18)31(27(34)26(23)33)12-6-11-30(4)5/h7-10,13-14,16,24,32H,6,11-12,15H2,1-5H3/t24-/m1/s1. The largest absolute Gasteiger partial charge is 0.507 e. The Morgan fingerprint density at radius 3 is 2.43 bits per heavy atom. The van der Waals surface area contributed by atoms with Gasteiger partial charge in [-0.1, -0.05) is 43.1 Å². The molecular formula is C27H32Cl2N2O4. The van der Waals surface area contributed by atoms with Crippen LogP contribution in [0.25, 0.3) is 5.76 Å². The van der Waals surface area contributed by atoms with Crippen molar-refractivity contribution in [2.24, 2.45) is 5.92 Å². The molecule has 1 fully saturated rings. The predicted molar refractivity (Wildman–Crippen MR) is 140 cm³/mol. The summed E-state index contributed by atoms with van der Waals surface area (Å²) in [6.45, 7) is 7.68. The number of likely N-dealkylation sites (tertiary alicyclic amines) is 1.